The molecule has 0 atom stereocenters. The topological polar surface area (TPSA) is 103 Å². The summed E-state index contributed by atoms with van der Waals surface area (Å²) in [7, 11) is 2.00. The average molecular weight is 623 g/mol. The van der Waals surface area contributed by atoms with Gasteiger partial charge in [-0.05, 0) is 27.0 Å². The van der Waals surface area contributed by atoms with Gasteiger partial charge >= 0.3 is 0 Å². The molecular formula is C38H102O4. The highest BCUT2D eigenvalue weighted by Crippen LogP contribution is 1.77. The standard InChI is InChI=1S/3C4H10.C4H8.C4H4.C3H4.2C2H6.C2H4.2CH4O.7CH4.2H2O/c5*1-3-4-2;1-3-2;5*1-2;;;;;;;;;/h3*3-4H2,1-2H3;3-4H,1-2H3;1-2H2;1-2H2;2*1-2H3;1-2H2;2*2H,1H3;7*1H4;2*1H2. The molecule has 0 amide bonds. The Hall–Kier alpha value is -1.86. The van der Waals surface area contributed by atoms with E-state index in [1.54, 1.807) is 0 Å². The smallest absolute Gasteiger partial charge is 0.0319 e. The van der Waals surface area contributed by atoms with E-state index < -0.39 is 0 Å². The summed E-state index contributed by atoms with van der Waals surface area (Å²) in [5, 5.41) is 14.0. The molecule has 0 heterocycles. The van der Waals surface area contributed by atoms with Crippen LogP contribution in [0.1, 0.15) is 174 Å². The molecule has 0 aromatic rings. The minimum absolute atomic E-state index is 0. The second kappa shape index (κ2) is 682. The van der Waals surface area contributed by atoms with E-state index in [4.69, 9.17) is 10.2 Å². The Morgan fingerprint density at radius 1 is 0.429 bits per heavy atom. The Labute approximate surface area is 277 Å². The molecule has 4 heteroatoms. The molecule has 4 nitrogen and oxygen atoms in total. The maximum atomic E-state index is 7.00. The van der Waals surface area contributed by atoms with Gasteiger partial charge in [0, 0.05) is 14.2 Å². The van der Waals surface area contributed by atoms with Crippen molar-refractivity contribution in [2.45, 2.75) is 174 Å². The van der Waals surface area contributed by atoms with Crippen molar-refractivity contribution in [3.63, 3.8) is 0 Å². The van der Waals surface area contributed by atoms with E-state index in [1.807, 2.05) is 53.7 Å². The summed E-state index contributed by atoms with van der Waals surface area (Å²) in [6, 6.07) is 0. The first kappa shape index (κ1) is 152. The molecule has 0 saturated carbocycles. The fourth-order valence-electron chi connectivity index (χ4n) is 0. The van der Waals surface area contributed by atoms with Crippen molar-refractivity contribution in [1.29, 1.82) is 0 Å². The van der Waals surface area contributed by atoms with Crippen molar-refractivity contribution in [3.8, 4) is 0 Å². The summed E-state index contributed by atoms with van der Waals surface area (Å²) in [5.41, 5.74) is 6.89. The third-order valence-corrected chi connectivity index (χ3v) is 1.96. The van der Waals surface area contributed by atoms with Crippen molar-refractivity contribution < 1.29 is 21.2 Å². The first-order valence-corrected chi connectivity index (χ1v) is 12.3. The van der Waals surface area contributed by atoms with Gasteiger partial charge in [-0.1, -0.05) is 197 Å². The third kappa shape index (κ3) is 5340. The Morgan fingerprint density at radius 3 is 0.500 bits per heavy atom. The van der Waals surface area contributed by atoms with Crippen molar-refractivity contribution in [3.05, 3.63) is 68.8 Å². The molecule has 42 heavy (non-hydrogen) atoms. The molecule has 0 unspecified atom stereocenters. The SMILES string of the molecule is C.C.C.C.C.C.C.C=C.C=C=C.C=C=C=C.CC.CC.CC=CC.CCCC.CCCC.CCCC.CO.CO.O.O. The summed E-state index contributed by atoms with van der Waals surface area (Å²) in [5.74, 6) is 0. The van der Waals surface area contributed by atoms with Gasteiger partial charge in [0.25, 0.3) is 0 Å². The molecule has 0 rings (SSSR count). The highest BCUT2D eigenvalue weighted by molar-refractivity contribution is 4.68. The van der Waals surface area contributed by atoms with Gasteiger partial charge in [-0.15, -0.1) is 18.9 Å². The molecule has 0 aromatic heterocycles. The van der Waals surface area contributed by atoms with Gasteiger partial charge in [0.15, 0.2) is 0 Å². The minimum Gasteiger partial charge on any atom is -0.412 e. The predicted molar refractivity (Wildman–Crippen MR) is 220 cm³/mol. The van der Waals surface area contributed by atoms with Gasteiger partial charge < -0.3 is 21.2 Å². The first-order chi connectivity index (χ1) is 16.0. The molecule has 278 valence electrons. The quantitative estimate of drug-likeness (QED) is 0.241. The first-order valence-electron chi connectivity index (χ1n) is 12.3. The lowest BCUT2D eigenvalue weighted by Crippen LogP contribution is -1.47. The van der Waals surface area contributed by atoms with Crippen LogP contribution in [0.15, 0.2) is 68.8 Å². The third-order valence-electron chi connectivity index (χ3n) is 1.96. The zero-order valence-electron chi connectivity index (χ0n) is 27.0. The molecule has 0 aliphatic rings. The van der Waals surface area contributed by atoms with E-state index in [0.717, 1.165) is 14.2 Å². The van der Waals surface area contributed by atoms with Crippen LogP contribution < -0.4 is 0 Å². The maximum absolute atomic E-state index is 7.00. The number of aliphatic hydroxyl groups excluding tert-OH is 2. The Kier molecular flexibility index (Phi) is 2460. The van der Waals surface area contributed by atoms with Gasteiger partial charge in [0.1, 0.15) is 0 Å². The number of aliphatic hydroxyl groups is 2. The van der Waals surface area contributed by atoms with E-state index in [1.165, 1.54) is 38.5 Å². The number of allylic oxidation sites excluding steroid dienone is 2. The molecule has 6 N–H and O–H groups in total. The summed E-state index contributed by atoms with van der Waals surface area (Å²) in [6.07, 6.45) is 11.9. The molecule has 0 fully saturated rings. The molecule has 0 saturated heterocycles. The van der Waals surface area contributed by atoms with Crippen LogP contribution in [0, 0.1) is 0 Å². The Balaban J connectivity index is -0.00000000698. The van der Waals surface area contributed by atoms with Crippen LogP contribution in [-0.2, 0) is 0 Å². The fourth-order valence-corrected chi connectivity index (χ4v) is 0. The van der Waals surface area contributed by atoms with Crippen molar-refractivity contribution >= 4 is 0 Å². The fraction of sp³-hybridized carbons (Fsp3) is 0.711. The van der Waals surface area contributed by atoms with Crippen LogP contribution in [0.25, 0.3) is 0 Å². The predicted octanol–water partition coefficient (Wildman–Crippen LogP) is 13.9. The number of rotatable bonds is 3. The average Bonchev–Trinajstić information content (AvgIpc) is 2.94. The van der Waals surface area contributed by atoms with E-state index in [2.05, 4.69) is 98.2 Å². The summed E-state index contributed by atoms with van der Waals surface area (Å²) < 4.78 is 0. The number of unbranched alkanes of at least 4 members (excludes halogenated alkanes) is 3. The Morgan fingerprint density at radius 2 is 0.500 bits per heavy atom. The largest absolute Gasteiger partial charge is 0.412 e. The second-order valence-electron chi connectivity index (χ2n) is 4.27. The minimum atomic E-state index is 0. The second-order valence-corrected chi connectivity index (χ2v) is 4.27. The monoisotopic (exact) mass is 623 g/mol. The van der Waals surface area contributed by atoms with Crippen molar-refractivity contribution in [2.75, 3.05) is 14.2 Å². The van der Waals surface area contributed by atoms with Crippen LogP contribution in [-0.4, -0.2) is 35.4 Å². The number of hydrogen-bond donors (Lipinski definition) is 2. The molecule has 0 bridgehead atoms. The molecular weight excluding hydrogens is 520 g/mol. The lowest BCUT2D eigenvalue weighted by atomic mass is 10.4. The van der Waals surface area contributed by atoms with Crippen LogP contribution >= 0.6 is 0 Å². The summed E-state index contributed by atoms with van der Waals surface area (Å²) >= 11 is 0. The van der Waals surface area contributed by atoms with E-state index in [0.29, 0.717) is 0 Å². The highest BCUT2D eigenvalue weighted by atomic mass is 16.2. The maximum Gasteiger partial charge on any atom is 0.0319 e. The molecule has 0 aliphatic heterocycles. The Bertz CT molecular complexity index is 241. The van der Waals surface area contributed by atoms with Crippen molar-refractivity contribution in [2.24, 2.45) is 0 Å². The summed E-state index contributed by atoms with van der Waals surface area (Å²) in [4.78, 5) is 0. The zero-order chi connectivity index (χ0) is 29.8. The summed E-state index contributed by atoms with van der Waals surface area (Å²) in [6.45, 7) is 43.7. The molecule has 0 aliphatic carbocycles. The highest BCUT2D eigenvalue weighted by Gasteiger charge is 1.57. The molecule has 0 spiro atoms. The van der Waals surface area contributed by atoms with E-state index >= 15 is 0 Å². The normalized spacial score (nSPS) is 4.19. The van der Waals surface area contributed by atoms with Crippen LogP contribution in [0.4, 0.5) is 0 Å². The van der Waals surface area contributed by atoms with Gasteiger partial charge in [0.2, 0.25) is 0 Å². The lowest BCUT2D eigenvalue weighted by molar-refractivity contribution is 0.399. The van der Waals surface area contributed by atoms with Gasteiger partial charge in [-0.3, -0.25) is 0 Å². The zero-order valence-corrected chi connectivity index (χ0v) is 27.0. The van der Waals surface area contributed by atoms with Gasteiger partial charge in [0.05, 0.1) is 0 Å². The lowest BCUT2D eigenvalue weighted by Gasteiger charge is -1.68. The van der Waals surface area contributed by atoms with Crippen LogP contribution in [0.5, 0.6) is 0 Å². The van der Waals surface area contributed by atoms with Crippen LogP contribution in [0.3, 0.4) is 0 Å². The van der Waals surface area contributed by atoms with Gasteiger partial charge in [-0.2, -0.15) is 0 Å². The van der Waals surface area contributed by atoms with Crippen molar-refractivity contribution in [1.82, 2.24) is 0 Å². The number of hydrogen-bond acceptors (Lipinski definition) is 2. The van der Waals surface area contributed by atoms with Gasteiger partial charge in [-0.25, -0.2) is 0 Å². The van der Waals surface area contributed by atoms with E-state index in [-0.39, 0.29) is 62.9 Å². The molecule has 0 aromatic carbocycles. The molecule has 0 radical (unpaired) electrons. The van der Waals surface area contributed by atoms with Crippen LogP contribution in [0.2, 0.25) is 0 Å². The van der Waals surface area contributed by atoms with E-state index in [9.17, 15) is 0 Å².